The van der Waals surface area contributed by atoms with Crippen LogP contribution >= 0.6 is 0 Å². The predicted octanol–water partition coefficient (Wildman–Crippen LogP) is 7.96. The van der Waals surface area contributed by atoms with Gasteiger partial charge in [0.2, 0.25) is 0 Å². The second kappa shape index (κ2) is 11.8. The molecule has 1 aromatic rings. The molecule has 1 fully saturated rings. The van der Waals surface area contributed by atoms with Gasteiger partial charge in [-0.1, -0.05) is 103 Å². The van der Waals surface area contributed by atoms with E-state index in [9.17, 15) is 0 Å². The summed E-state index contributed by atoms with van der Waals surface area (Å²) in [5.74, 6) is 2.25. The van der Waals surface area contributed by atoms with Gasteiger partial charge in [-0.15, -0.1) is 0 Å². The lowest BCUT2D eigenvalue weighted by Gasteiger charge is -2.39. The number of ether oxygens (including phenoxy) is 1. The summed E-state index contributed by atoms with van der Waals surface area (Å²) in [5.41, 5.74) is 1.38. The van der Waals surface area contributed by atoms with E-state index in [1.807, 2.05) is 0 Å². The van der Waals surface area contributed by atoms with E-state index in [1.165, 1.54) is 69.8 Å². The fourth-order valence-corrected chi connectivity index (χ4v) is 4.57. The Morgan fingerprint density at radius 3 is 2.35 bits per heavy atom. The topological polar surface area (TPSA) is 9.23 Å². The highest BCUT2D eigenvalue weighted by Gasteiger charge is 2.33. The SMILES string of the molecule is CCCCCCCCC(O[C@@H]1C[C@H](C)CC[C@H]1C(C)C)c1ccccc1. The lowest BCUT2D eigenvalue weighted by atomic mass is 9.75. The Bertz CT molecular complexity index is 466. The first-order valence-corrected chi connectivity index (χ1v) is 11.3. The van der Waals surface area contributed by atoms with Crippen molar-refractivity contribution in [3.63, 3.8) is 0 Å². The summed E-state index contributed by atoms with van der Waals surface area (Å²) >= 11 is 0. The highest BCUT2D eigenvalue weighted by molar-refractivity contribution is 5.17. The van der Waals surface area contributed by atoms with E-state index < -0.39 is 0 Å². The minimum atomic E-state index is 0.277. The van der Waals surface area contributed by atoms with Crippen LogP contribution in [-0.2, 0) is 4.74 Å². The third kappa shape index (κ3) is 7.06. The third-order valence-electron chi connectivity index (χ3n) is 6.29. The van der Waals surface area contributed by atoms with Crippen molar-refractivity contribution in [3.8, 4) is 0 Å². The zero-order chi connectivity index (χ0) is 18.8. The van der Waals surface area contributed by atoms with Crippen molar-refractivity contribution in [2.24, 2.45) is 17.8 Å². The fraction of sp³-hybridized carbons (Fsp3) is 0.760. The van der Waals surface area contributed by atoms with E-state index in [2.05, 4.69) is 58.0 Å². The van der Waals surface area contributed by atoms with Gasteiger partial charge >= 0.3 is 0 Å². The molecule has 2 rings (SSSR count). The van der Waals surface area contributed by atoms with Crippen molar-refractivity contribution < 1.29 is 4.74 Å². The fourth-order valence-electron chi connectivity index (χ4n) is 4.57. The Balaban J connectivity index is 1.96. The lowest BCUT2D eigenvalue weighted by molar-refractivity contribution is -0.0853. The third-order valence-corrected chi connectivity index (χ3v) is 6.29. The first-order valence-electron chi connectivity index (χ1n) is 11.3. The molecule has 1 aliphatic rings. The van der Waals surface area contributed by atoms with E-state index >= 15 is 0 Å². The highest BCUT2D eigenvalue weighted by atomic mass is 16.5. The average Bonchev–Trinajstić information content (AvgIpc) is 2.64. The van der Waals surface area contributed by atoms with Crippen LogP contribution in [0.15, 0.2) is 30.3 Å². The molecule has 1 heteroatoms. The Hall–Kier alpha value is -0.820. The molecule has 1 nitrogen and oxygen atoms in total. The zero-order valence-corrected chi connectivity index (χ0v) is 17.8. The van der Waals surface area contributed by atoms with E-state index in [0.717, 1.165) is 17.8 Å². The molecule has 1 saturated carbocycles. The first kappa shape index (κ1) is 21.5. The molecule has 1 aliphatic carbocycles. The van der Waals surface area contributed by atoms with Crippen LogP contribution in [0.3, 0.4) is 0 Å². The molecule has 0 spiro atoms. The maximum atomic E-state index is 6.85. The Kier molecular flexibility index (Phi) is 9.75. The molecule has 0 aliphatic heterocycles. The number of benzene rings is 1. The van der Waals surface area contributed by atoms with E-state index in [-0.39, 0.29) is 6.10 Å². The van der Waals surface area contributed by atoms with Gasteiger partial charge in [0.15, 0.2) is 0 Å². The minimum Gasteiger partial charge on any atom is -0.370 e. The summed E-state index contributed by atoms with van der Waals surface area (Å²) in [4.78, 5) is 0. The summed E-state index contributed by atoms with van der Waals surface area (Å²) in [5, 5.41) is 0. The lowest BCUT2D eigenvalue weighted by Crippen LogP contribution is -2.35. The molecule has 148 valence electrons. The number of rotatable bonds is 11. The molecule has 1 unspecified atom stereocenters. The molecule has 0 radical (unpaired) electrons. The van der Waals surface area contributed by atoms with E-state index in [4.69, 9.17) is 4.74 Å². The van der Waals surface area contributed by atoms with Gasteiger partial charge in [-0.2, -0.15) is 0 Å². The Labute approximate surface area is 162 Å². The molecule has 0 saturated heterocycles. The van der Waals surface area contributed by atoms with Crippen LogP contribution < -0.4 is 0 Å². The molecule has 0 bridgehead atoms. The summed E-state index contributed by atoms with van der Waals surface area (Å²) < 4.78 is 6.85. The van der Waals surface area contributed by atoms with Crippen molar-refractivity contribution in [1.82, 2.24) is 0 Å². The van der Waals surface area contributed by atoms with Crippen LogP contribution in [0.2, 0.25) is 0 Å². The molecule has 0 N–H and O–H groups in total. The maximum Gasteiger partial charge on any atom is 0.0828 e. The van der Waals surface area contributed by atoms with Crippen LogP contribution in [0, 0.1) is 17.8 Å². The Morgan fingerprint density at radius 1 is 0.962 bits per heavy atom. The minimum absolute atomic E-state index is 0.277. The van der Waals surface area contributed by atoms with Gasteiger partial charge < -0.3 is 4.74 Å². The van der Waals surface area contributed by atoms with Gasteiger partial charge in [0.05, 0.1) is 12.2 Å². The largest absolute Gasteiger partial charge is 0.370 e. The smallest absolute Gasteiger partial charge is 0.0828 e. The van der Waals surface area contributed by atoms with Gasteiger partial charge in [-0.25, -0.2) is 0 Å². The molecule has 1 aromatic carbocycles. The first-order chi connectivity index (χ1) is 12.6. The second-order valence-corrected chi connectivity index (χ2v) is 8.96. The zero-order valence-electron chi connectivity index (χ0n) is 17.8. The number of hydrogen-bond donors (Lipinski definition) is 0. The monoisotopic (exact) mass is 358 g/mol. The van der Waals surface area contributed by atoms with Gasteiger partial charge in [-0.3, -0.25) is 0 Å². The van der Waals surface area contributed by atoms with Gasteiger partial charge in [-0.05, 0) is 42.6 Å². The van der Waals surface area contributed by atoms with Crippen molar-refractivity contribution in [2.45, 2.75) is 104 Å². The van der Waals surface area contributed by atoms with Crippen molar-refractivity contribution in [1.29, 1.82) is 0 Å². The van der Waals surface area contributed by atoms with E-state index in [0.29, 0.717) is 6.10 Å². The predicted molar refractivity (Wildman–Crippen MR) is 113 cm³/mol. The quantitative estimate of drug-likeness (QED) is 0.365. The molecule has 0 amide bonds. The summed E-state index contributed by atoms with van der Waals surface area (Å²) in [7, 11) is 0. The van der Waals surface area contributed by atoms with Crippen LogP contribution in [0.4, 0.5) is 0 Å². The standard InChI is InChI=1S/C25H42O/c1-5-6-7-8-9-13-16-24(22-14-11-10-12-15-22)26-25-19-21(4)17-18-23(25)20(2)3/h10-12,14-15,20-21,23-25H,5-9,13,16-19H2,1-4H3/t21-,23+,24?,25-/m1/s1. The van der Waals surface area contributed by atoms with Crippen LogP contribution in [0.25, 0.3) is 0 Å². The van der Waals surface area contributed by atoms with E-state index in [1.54, 1.807) is 0 Å². The van der Waals surface area contributed by atoms with Gasteiger partial charge in [0.25, 0.3) is 0 Å². The summed E-state index contributed by atoms with van der Waals surface area (Å²) in [6.07, 6.45) is 13.9. The number of unbranched alkanes of at least 4 members (excludes halogenated alkanes) is 5. The number of hydrogen-bond acceptors (Lipinski definition) is 1. The van der Waals surface area contributed by atoms with Crippen molar-refractivity contribution in [2.75, 3.05) is 0 Å². The van der Waals surface area contributed by atoms with Gasteiger partial charge in [0, 0.05) is 0 Å². The normalized spacial score (nSPS) is 24.7. The summed E-state index contributed by atoms with van der Waals surface area (Å²) in [6, 6.07) is 11.0. The maximum absolute atomic E-state index is 6.85. The molecule has 0 heterocycles. The molecular weight excluding hydrogens is 316 g/mol. The molecule has 0 aromatic heterocycles. The van der Waals surface area contributed by atoms with Crippen LogP contribution in [0.1, 0.15) is 104 Å². The second-order valence-electron chi connectivity index (χ2n) is 8.96. The molecular formula is C25H42O. The molecule has 26 heavy (non-hydrogen) atoms. The van der Waals surface area contributed by atoms with Crippen molar-refractivity contribution >= 4 is 0 Å². The van der Waals surface area contributed by atoms with Crippen LogP contribution in [-0.4, -0.2) is 6.10 Å². The molecule has 4 atom stereocenters. The van der Waals surface area contributed by atoms with Crippen LogP contribution in [0.5, 0.6) is 0 Å². The summed E-state index contributed by atoms with van der Waals surface area (Å²) in [6.45, 7) is 9.44. The average molecular weight is 359 g/mol. The van der Waals surface area contributed by atoms with Crippen molar-refractivity contribution in [3.05, 3.63) is 35.9 Å². The van der Waals surface area contributed by atoms with Gasteiger partial charge in [0.1, 0.15) is 0 Å². The Morgan fingerprint density at radius 2 is 1.65 bits per heavy atom. The highest BCUT2D eigenvalue weighted by Crippen LogP contribution is 2.38.